The number of nitrogens with zero attached hydrogens (tertiary/aromatic N) is 1. The number of aromatic nitrogens is 2. The van der Waals surface area contributed by atoms with Gasteiger partial charge >= 0.3 is 0 Å². The molecule has 1 aromatic heterocycles. The highest BCUT2D eigenvalue weighted by molar-refractivity contribution is 5.97. The van der Waals surface area contributed by atoms with E-state index in [4.69, 9.17) is 10.9 Å². The van der Waals surface area contributed by atoms with Gasteiger partial charge in [0.25, 0.3) is 18.2 Å². The molecule has 0 aliphatic heterocycles. The summed E-state index contributed by atoms with van der Waals surface area (Å²) in [6.07, 6.45) is 0.0331. The van der Waals surface area contributed by atoms with Gasteiger partial charge in [0.05, 0.1) is 12.4 Å². The quantitative estimate of drug-likeness (QED) is 0.290. The number of H-pyrrole nitrogens is 1. The fourth-order valence-electron chi connectivity index (χ4n) is 1.95. The first kappa shape index (κ1) is 19.0. The smallest absolute Gasteiger partial charge is 0.267 e. The number of nitrogens with two attached hydrogens (primary N) is 1. The third-order valence-electron chi connectivity index (χ3n) is 3.34. The van der Waals surface area contributed by atoms with Crippen LogP contribution in [0.1, 0.15) is 21.6 Å². The van der Waals surface area contributed by atoms with Crippen LogP contribution < -0.4 is 16.5 Å². The lowest BCUT2D eigenvalue weighted by atomic mass is 10.1. The monoisotopic (exact) mass is 363 g/mol. The molecule has 0 radical (unpaired) electrons. The number of carbonyl (C=O) groups excluding carboxylic acids is 2. The SMILES string of the molecule is NC(C(F)F)[C@H](NC(=O)c1ccc(C#Cc2c[nH]cn2)cc1)C(=O)NO. The zero-order valence-corrected chi connectivity index (χ0v) is 13.2. The first-order chi connectivity index (χ1) is 12.4. The van der Waals surface area contributed by atoms with Crippen molar-refractivity contribution >= 4 is 11.8 Å². The molecule has 2 aromatic rings. The van der Waals surface area contributed by atoms with Crippen LogP contribution in [-0.2, 0) is 4.79 Å². The fourth-order valence-corrected chi connectivity index (χ4v) is 1.95. The number of aromatic amines is 1. The first-order valence-electron chi connectivity index (χ1n) is 7.31. The molecule has 1 unspecified atom stereocenters. The molecule has 6 N–H and O–H groups in total. The first-order valence-corrected chi connectivity index (χ1v) is 7.31. The molecule has 136 valence electrons. The number of nitrogens with one attached hydrogen (secondary N) is 3. The van der Waals surface area contributed by atoms with Gasteiger partial charge in [-0.3, -0.25) is 14.8 Å². The van der Waals surface area contributed by atoms with E-state index in [9.17, 15) is 18.4 Å². The van der Waals surface area contributed by atoms with E-state index < -0.39 is 30.3 Å². The zero-order chi connectivity index (χ0) is 19.1. The van der Waals surface area contributed by atoms with E-state index in [-0.39, 0.29) is 5.56 Å². The average molecular weight is 363 g/mol. The summed E-state index contributed by atoms with van der Waals surface area (Å²) in [5.74, 6) is 3.59. The lowest BCUT2D eigenvalue weighted by molar-refractivity contribution is -0.132. The molecule has 0 aliphatic carbocycles. The summed E-state index contributed by atoms with van der Waals surface area (Å²) < 4.78 is 25.4. The van der Waals surface area contributed by atoms with Crippen molar-refractivity contribution in [3.63, 3.8) is 0 Å². The van der Waals surface area contributed by atoms with E-state index in [1.807, 2.05) is 0 Å². The minimum absolute atomic E-state index is 0.104. The van der Waals surface area contributed by atoms with Gasteiger partial charge in [-0.05, 0) is 30.2 Å². The van der Waals surface area contributed by atoms with Crippen LogP contribution in [-0.4, -0.2) is 45.5 Å². The standard InChI is InChI=1S/C16H15F2N5O3/c17-14(18)12(19)13(16(25)23-26)22-15(24)10-4-1-9(2-5-10)3-6-11-7-20-8-21-11/h1-2,4-5,7-8,12-14,26H,19H2,(H,20,21)(H,22,24)(H,23,25)/t12?,13-/m0/s1. The van der Waals surface area contributed by atoms with Crippen molar-refractivity contribution in [3.05, 3.63) is 53.6 Å². The summed E-state index contributed by atoms with van der Waals surface area (Å²) in [7, 11) is 0. The molecule has 2 rings (SSSR count). The van der Waals surface area contributed by atoms with Gasteiger partial charge in [-0.2, -0.15) is 0 Å². The van der Waals surface area contributed by atoms with Crippen LogP contribution in [0.15, 0.2) is 36.8 Å². The van der Waals surface area contributed by atoms with Crippen molar-refractivity contribution in [3.8, 4) is 11.8 Å². The second kappa shape index (κ2) is 8.70. The molecule has 0 bridgehead atoms. The van der Waals surface area contributed by atoms with Crippen LogP contribution in [0.3, 0.4) is 0 Å². The number of benzene rings is 1. The second-order valence-electron chi connectivity index (χ2n) is 5.12. The van der Waals surface area contributed by atoms with Gasteiger partial charge in [0.2, 0.25) is 0 Å². The largest absolute Gasteiger partial charge is 0.350 e. The van der Waals surface area contributed by atoms with E-state index in [0.717, 1.165) is 0 Å². The van der Waals surface area contributed by atoms with Gasteiger partial charge in [-0.15, -0.1) is 0 Å². The summed E-state index contributed by atoms with van der Waals surface area (Å²) in [5.41, 5.74) is 7.66. The molecule has 1 aromatic carbocycles. The normalized spacial score (nSPS) is 12.7. The molecule has 0 fully saturated rings. The van der Waals surface area contributed by atoms with Crippen LogP contribution in [0.2, 0.25) is 0 Å². The minimum atomic E-state index is -3.07. The molecule has 8 nitrogen and oxygen atoms in total. The van der Waals surface area contributed by atoms with E-state index in [1.165, 1.54) is 23.9 Å². The molecular formula is C16H15F2N5O3. The Hall–Kier alpha value is -3.29. The third-order valence-corrected chi connectivity index (χ3v) is 3.34. The molecule has 0 saturated carbocycles. The topological polar surface area (TPSA) is 133 Å². The minimum Gasteiger partial charge on any atom is -0.350 e. The number of rotatable bonds is 5. The Morgan fingerprint density at radius 3 is 2.46 bits per heavy atom. The third kappa shape index (κ3) is 4.85. The Balaban J connectivity index is 2.09. The molecule has 0 saturated heterocycles. The number of hydroxylamine groups is 1. The number of carbonyl (C=O) groups is 2. The number of hydrogen-bond acceptors (Lipinski definition) is 5. The summed E-state index contributed by atoms with van der Waals surface area (Å²) in [6.45, 7) is 0. The van der Waals surface area contributed by atoms with Crippen molar-refractivity contribution < 1.29 is 23.6 Å². The van der Waals surface area contributed by atoms with E-state index in [1.54, 1.807) is 18.3 Å². The van der Waals surface area contributed by atoms with Crippen LogP contribution in [0.5, 0.6) is 0 Å². The Labute approximate surface area is 146 Å². The predicted octanol–water partition coefficient (Wildman–Crippen LogP) is 0.00570. The van der Waals surface area contributed by atoms with Gasteiger partial charge in [0, 0.05) is 17.3 Å². The summed E-state index contributed by atoms with van der Waals surface area (Å²) >= 11 is 0. The Morgan fingerprint density at radius 2 is 1.92 bits per heavy atom. The van der Waals surface area contributed by atoms with Crippen molar-refractivity contribution in [2.75, 3.05) is 0 Å². The highest BCUT2D eigenvalue weighted by atomic mass is 19.3. The van der Waals surface area contributed by atoms with Gasteiger partial charge in [-0.1, -0.05) is 5.92 Å². The Kier molecular flexibility index (Phi) is 6.37. The van der Waals surface area contributed by atoms with Crippen LogP contribution >= 0.6 is 0 Å². The van der Waals surface area contributed by atoms with Crippen LogP contribution in [0.4, 0.5) is 8.78 Å². The van der Waals surface area contributed by atoms with Crippen molar-refractivity contribution in [1.82, 2.24) is 20.8 Å². The summed E-state index contributed by atoms with van der Waals surface area (Å²) in [4.78, 5) is 30.3. The molecule has 0 spiro atoms. The van der Waals surface area contributed by atoms with Gasteiger partial charge < -0.3 is 16.0 Å². The highest BCUT2D eigenvalue weighted by Crippen LogP contribution is 2.07. The van der Waals surface area contributed by atoms with Crippen molar-refractivity contribution in [2.24, 2.45) is 5.73 Å². The molecule has 2 amide bonds. The number of hydrogen-bond donors (Lipinski definition) is 5. The van der Waals surface area contributed by atoms with Crippen molar-refractivity contribution in [1.29, 1.82) is 0 Å². The highest BCUT2D eigenvalue weighted by Gasteiger charge is 2.33. The molecule has 0 aliphatic rings. The van der Waals surface area contributed by atoms with Gasteiger partial charge in [0.1, 0.15) is 11.7 Å². The molecule has 10 heteroatoms. The lowest BCUT2D eigenvalue weighted by Gasteiger charge is -2.22. The predicted molar refractivity (Wildman–Crippen MR) is 86.2 cm³/mol. The average Bonchev–Trinajstić information content (AvgIpc) is 3.17. The number of alkyl halides is 2. The molecular weight excluding hydrogens is 348 g/mol. The van der Waals surface area contributed by atoms with Gasteiger partial charge in [-0.25, -0.2) is 19.2 Å². The van der Waals surface area contributed by atoms with Gasteiger partial charge in [0.15, 0.2) is 0 Å². The number of halogens is 2. The summed E-state index contributed by atoms with van der Waals surface area (Å²) in [5, 5.41) is 10.7. The van der Waals surface area contributed by atoms with E-state index in [0.29, 0.717) is 11.3 Å². The maximum Gasteiger partial charge on any atom is 0.267 e. The maximum atomic E-state index is 12.7. The maximum absolute atomic E-state index is 12.7. The Morgan fingerprint density at radius 1 is 1.23 bits per heavy atom. The zero-order valence-electron chi connectivity index (χ0n) is 13.2. The second-order valence-corrected chi connectivity index (χ2v) is 5.12. The van der Waals surface area contributed by atoms with Crippen LogP contribution in [0.25, 0.3) is 0 Å². The lowest BCUT2D eigenvalue weighted by Crippen LogP contribution is -2.58. The van der Waals surface area contributed by atoms with E-state index in [2.05, 4.69) is 27.1 Å². The summed E-state index contributed by atoms with van der Waals surface area (Å²) in [6, 6.07) is 2.12. The number of amides is 2. The number of imidazole rings is 1. The van der Waals surface area contributed by atoms with E-state index >= 15 is 0 Å². The Bertz CT molecular complexity index is 813. The fraction of sp³-hybridized carbons (Fsp3) is 0.188. The van der Waals surface area contributed by atoms with Crippen LogP contribution in [0, 0.1) is 11.8 Å². The molecule has 26 heavy (non-hydrogen) atoms. The molecule has 1 heterocycles. The van der Waals surface area contributed by atoms with Crippen molar-refractivity contribution in [2.45, 2.75) is 18.5 Å². The molecule has 2 atom stereocenters.